The molecule has 4 aromatic rings. The fourth-order valence-electron chi connectivity index (χ4n) is 5.72. The lowest BCUT2D eigenvalue weighted by Crippen LogP contribution is -2.33. The first kappa shape index (κ1) is 39.2. The highest BCUT2D eigenvalue weighted by Crippen LogP contribution is 2.33. The molecule has 9 heteroatoms. The van der Waals surface area contributed by atoms with Gasteiger partial charge in [-0.3, -0.25) is 24.5 Å². The molecule has 0 amide bonds. The molecule has 0 heterocycles. The van der Waals surface area contributed by atoms with Gasteiger partial charge in [0.05, 0.1) is 12.1 Å². The number of carbonyl (C=O) groups is 4. The average Bonchev–Trinajstić information content (AvgIpc) is 3.06. The van der Waals surface area contributed by atoms with Gasteiger partial charge in [0, 0.05) is 22.3 Å². The van der Waals surface area contributed by atoms with Crippen LogP contribution in [0, 0.1) is 0 Å². The van der Waals surface area contributed by atoms with Crippen molar-refractivity contribution < 1.29 is 39.6 Å². The summed E-state index contributed by atoms with van der Waals surface area (Å²) < 4.78 is 0. The van der Waals surface area contributed by atoms with Crippen molar-refractivity contribution >= 4 is 23.1 Å². The monoisotopic (exact) mass is 693 g/mol. The highest BCUT2D eigenvalue weighted by atomic mass is 16.3. The van der Waals surface area contributed by atoms with E-state index in [1.807, 2.05) is 12.1 Å². The van der Waals surface area contributed by atoms with E-state index in [0.29, 0.717) is 33.4 Å². The fourth-order valence-corrected chi connectivity index (χ4v) is 5.72. The fraction of sp³-hybridized carbons (Fsp3) is 0.333. The minimum absolute atomic E-state index is 0.282. The summed E-state index contributed by atoms with van der Waals surface area (Å²) in [5.41, 5.74) is -2.57. The molecule has 0 fully saturated rings. The van der Waals surface area contributed by atoms with Crippen LogP contribution >= 0.6 is 0 Å². The van der Waals surface area contributed by atoms with Crippen LogP contribution < -0.4 is 5.32 Å². The molecule has 0 aliphatic carbocycles. The zero-order valence-electron chi connectivity index (χ0n) is 30.3. The van der Waals surface area contributed by atoms with Crippen molar-refractivity contribution in [2.45, 2.75) is 89.9 Å². The summed E-state index contributed by atoms with van der Waals surface area (Å²) >= 11 is 0. The highest BCUT2D eigenvalue weighted by Gasteiger charge is 2.31. The van der Waals surface area contributed by atoms with Crippen LogP contribution in [-0.2, 0) is 0 Å². The molecule has 0 saturated heterocycles. The summed E-state index contributed by atoms with van der Waals surface area (Å²) in [4.78, 5) is 52.1. The standard InChI is InChI=1S/C42H47NO8/c1-39(2,48)35(44)27-19-15-25(16-20-27)33(29-11-9-13-31(23-29)37(46)41(5,6)50)43-34(26-17-21-28(22-18-26)36(45)40(3,4)49)30-12-10-14-32(24-30)38(47)42(7,8)51/h9-24,33-34,43,48-51H,1-8H3. The van der Waals surface area contributed by atoms with Gasteiger partial charge in [0.1, 0.15) is 22.4 Å². The molecule has 0 saturated carbocycles. The van der Waals surface area contributed by atoms with Crippen LogP contribution in [0.5, 0.6) is 0 Å². The second-order valence-corrected chi connectivity index (χ2v) is 15.1. The van der Waals surface area contributed by atoms with Crippen LogP contribution in [0.3, 0.4) is 0 Å². The summed E-state index contributed by atoms with van der Waals surface area (Å²) in [6, 6.07) is 25.8. The van der Waals surface area contributed by atoms with Gasteiger partial charge in [0.25, 0.3) is 0 Å². The van der Waals surface area contributed by atoms with E-state index in [1.165, 1.54) is 55.4 Å². The van der Waals surface area contributed by atoms with Gasteiger partial charge in [0.2, 0.25) is 0 Å². The Morgan fingerprint density at radius 1 is 0.412 bits per heavy atom. The maximum atomic E-state index is 13.2. The number of nitrogens with one attached hydrogen (secondary N) is 1. The van der Waals surface area contributed by atoms with E-state index < -0.39 is 57.6 Å². The second-order valence-electron chi connectivity index (χ2n) is 15.1. The SMILES string of the molecule is CC(C)(O)C(=O)c1ccc(C(NC(c2ccc(C(=O)C(C)(C)O)cc2)c2cccc(C(=O)C(C)(C)O)c2)c2cccc(C(=O)C(C)(C)O)c2)cc1. The van der Waals surface area contributed by atoms with E-state index in [-0.39, 0.29) is 11.1 Å². The molecule has 4 aromatic carbocycles. The van der Waals surface area contributed by atoms with Crippen LogP contribution in [0.15, 0.2) is 97.1 Å². The number of carbonyl (C=O) groups excluding carboxylic acids is 4. The van der Waals surface area contributed by atoms with Gasteiger partial charge in [-0.25, -0.2) is 0 Å². The third kappa shape index (κ3) is 9.38. The van der Waals surface area contributed by atoms with Crippen molar-refractivity contribution in [2.75, 3.05) is 0 Å². The molecule has 5 N–H and O–H groups in total. The number of Topliss-reactive ketones (excluding diaryl/α,β-unsaturated/α-hetero) is 4. The zero-order valence-corrected chi connectivity index (χ0v) is 30.3. The Kier molecular flexibility index (Phi) is 11.2. The molecule has 9 nitrogen and oxygen atoms in total. The minimum atomic E-state index is -1.63. The zero-order chi connectivity index (χ0) is 38.1. The van der Waals surface area contributed by atoms with Crippen molar-refractivity contribution in [3.8, 4) is 0 Å². The Balaban J connectivity index is 1.92. The van der Waals surface area contributed by atoms with Crippen LogP contribution in [0.25, 0.3) is 0 Å². The van der Waals surface area contributed by atoms with Gasteiger partial charge in [-0.1, -0.05) is 84.9 Å². The second kappa shape index (κ2) is 14.5. The molecule has 0 aromatic heterocycles. The first-order chi connectivity index (χ1) is 23.5. The lowest BCUT2D eigenvalue weighted by molar-refractivity contribution is 0.0487. The van der Waals surface area contributed by atoms with Crippen LogP contribution in [0.4, 0.5) is 0 Å². The maximum Gasteiger partial charge on any atom is 0.193 e. The third-order valence-corrected chi connectivity index (χ3v) is 8.53. The quantitative estimate of drug-likeness (QED) is 0.100. The third-order valence-electron chi connectivity index (χ3n) is 8.53. The van der Waals surface area contributed by atoms with Crippen molar-refractivity contribution in [3.05, 3.63) is 142 Å². The molecule has 2 unspecified atom stereocenters. The molecule has 51 heavy (non-hydrogen) atoms. The Bertz CT molecular complexity index is 1780. The van der Waals surface area contributed by atoms with E-state index in [2.05, 4.69) is 5.32 Å². The van der Waals surface area contributed by atoms with Gasteiger partial charge in [0.15, 0.2) is 23.1 Å². The van der Waals surface area contributed by atoms with Crippen LogP contribution in [0.1, 0.15) is 131 Å². The molecule has 0 radical (unpaired) electrons. The molecule has 268 valence electrons. The number of rotatable bonds is 14. The van der Waals surface area contributed by atoms with E-state index in [0.717, 1.165) is 0 Å². The van der Waals surface area contributed by atoms with Crippen LogP contribution in [-0.4, -0.2) is 66.0 Å². The van der Waals surface area contributed by atoms with Gasteiger partial charge in [-0.2, -0.15) is 0 Å². The molecule has 0 bridgehead atoms. The molecular weight excluding hydrogens is 646 g/mol. The Morgan fingerprint density at radius 3 is 0.961 bits per heavy atom. The Labute approximate surface area is 299 Å². The van der Waals surface area contributed by atoms with Crippen molar-refractivity contribution in [1.82, 2.24) is 5.32 Å². The van der Waals surface area contributed by atoms with E-state index in [1.54, 1.807) is 84.9 Å². The minimum Gasteiger partial charge on any atom is -0.382 e. The highest BCUT2D eigenvalue weighted by molar-refractivity contribution is 6.03. The molecule has 0 spiro atoms. The summed E-state index contributed by atoms with van der Waals surface area (Å²) in [7, 11) is 0. The van der Waals surface area contributed by atoms with Gasteiger partial charge in [-0.05, 0) is 89.8 Å². The topological polar surface area (TPSA) is 161 Å². The first-order valence-corrected chi connectivity index (χ1v) is 16.7. The summed E-state index contributed by atoms with van der Waals surface area (Å²) in [5.74, 6) is -1.86. The molecule has 0 aliphatic heterocycles. The average molecular weight is 694 g/mol. The normalized spacial score (nSPS) is 13.7. The smallest absolute Gasteiger partial charge is 0.193 e. The predicted molar refractivity (Wildman–Crippen MR) is 195 cm³/mol. The predicted octanol–water partition coefficient (Wildman–Crippen LogP) is 5.97. The molecule has 0 aliphatic rings. The van der Waals surface area contributed by atoms with E-state index >= 15 is 0 Å². The Morgan fingerprint density at radius 2 is 0.686 bits per heavy atom. The summed E-state index contributed by atoms with van der Waals surface area (Å²) in [5, 5.41) is 45.4. The molecule has 4 rings (SSSR count). The van der Waals surface area contributed by atoms with Gasteiger partial charge in [-0.15, -0.1) is 0 Å². The van der Waals surface area contributed by atoms with Gasteiger partial charge < -0.3 is 20.4 Å². The van der Waals surface area contributed by atoms with Crippen molar-refractivity contribution in [2.24, 2.45) is 0 Å². The van der Waals surface area contributed by atoms with Crippen molar-refractivity contribution in [3.63, 3.8) is 0 Å². The summed E-state index contributed by atoms with van der Waals surface area (Å²) in [6.07, 6.45) is 0. The first-order valence-electron chi connectivity index (χ1n) is 16.7. The number of ketones is 4. The molecular formula is C42H47NO8. The summed E-state index contributed by atoms with van der Waals surface area (Å²) in [6.45, 7) is 11.3. The molecule has 2 atom stereocenters. The van der Waals surface area contributed by atoms with Crippen LogP contribution in [0.2, 0.25) is 0 Å². The number of benzene rings is 4. The number of aliphatic hydroxyl groups is 4. The number of hydrogen-bond acceptors (Lipinski definition) is 9. The van der Waals surface area contributed by atoms with Gasteiger partial charge >= 0.3 is 0 Å². The lowest BCUT2D eigenvalue weighted by Gasteiger charge is -2.29. The number of hydrogen-bond donors (Lipinski definition) is 5. The van der Waals surface area contributed by atoms with E-state index in [9.17, 15) is 39.6 Å². The van der Waals surface area contributed by atoms with E-state index in [4.69, 9.17) is 0 Å². The largest absolute Gasteiger partial charge is 0.382 e. The van der Waals surface area contributed by atoms with Crippen molar-refractivity contribution in [1.29, 1.82) is 0 Å². The lowest BCUT2D eigenvalue weighted by atomic mass is 9.88. The Hall–Kier alpha value is -4.64. The maximum absolute atomic E-state index is 13.2.